The summed E-state index contributed by atoms with van der Waals surface area (Å²) in [6.07, 6.45) is 1.23. The minimum Gasteiger partial charge on any atom is -0.496 e. The Balaban J connectivity index is 1.76. The highest BCUT2D eigenvalue weighted by Gasteiger charge is 2.17. The van der Waals surface area contributed by atoms with Crippen LogP contribution in [0.5, 0.6) is 5.75 Å². The van der Waals surface area contributed by atoms with Crippen molar-refractivity contribution >= 4 is 23.5 Å². The lowest BCUT2D eigenvalue weighted by Gasteiger charge is -2.06. The number of ether oxygens (including phenoxy) is 1. The Labute approximate surface area is 175 Å². The summed E-state index contributed by atoms with van der Waals surface area (Å²) in [5.74, 6) is 0.124. The van der Waals surface area contributed by atoms with Gasteiger partial charge in [-0.05, 0) is 30.7 Å². The van der Waals surface area contributed by atoms with Crippen molar-refractivity contribution in [3.05, 3.63) is 85.6 Å². The fourth-order valence-electron chi connectivity index (χ4n) is 2.76. The highest BCUT2D eigenvalue weighted by molar-refractivity contribution is 5.98. The Morgan fingerprint density at radius 3 is 2.42 bits per heavy atom. The van der Waals surface area contributed by atoms with Gasteiger partial charge in [0.1, 0.15) is 17.3 Å². The zero-order valence-corrected chi connectivity index (χ0v) is 16.4. The van der Waals surface area contributed by atoms with Crippen molar-refractivity contribution in [2.75, 3.05) is 7.11 Å². The fraction of sp³-hybridized carbons (Fsp3) is 0.100. The molecule has 0 aliphatic heterocycles. The predicted octanol–water partition coefficient (Wildman–Crippen LogP) is 3.84. The lowest BCUT2D eigenvalue weighted by Crippen LogP contribution is -2.18. The van der Waals surface area contributed by atoms with Crippen molar-refractivity contribution in [3.8, 4) is 17.1 Å². The molecule has 3 aromatic rings. The summed E-state index contributed by atoms with van der Waals surface area (Å²) < 4.78 is 10.7. The van der Waals surface area contributed by atoms with Crippen LogP contribution in [0.3, 0.4) is 0 Å². The number of aryl methyl sites for hydroxylation is 1. The Morgan fingerprint density at radius 2 is 1.74 bits per heavy atom. The predicted molar refractivity (Wildman–Crippen MR) is 110 cm³/mol. The Hall–Kier alpha value is -4.54. The molecule has 0 aliphatic rings. The van der Waals surface area contributed by atoms with E-state index in [-0.39, 0.29) is 28.4 Å². The van der Waals surface area contributed by atoms with Crippen LogP contribution in [0.1, 0.15) is 21.7 Å². The molecule has 0 unspecified atom stereocenters. The van der Waals surface area contributed by atoms with Gasteiger partial charge in [0.2, 0.25) is 0 Å². The van der Waals surface area contributed by atoms with Gasteiger partial charge in [0.05, 0.1) is 28.7 Å². The van der Waals surface area contributed by atoms with Gasteiger partial charge in [-0.1, -0.05) is 6.07 Å². The smallest absolute Gasteiger partial charge is 0.275 e. The zero-order chi connectivity index (χ0) is 22.5. The van der Waals surface area contributed by atoms with Gasteiger partial charge in [0.25, 0.3) is 17.3 Å². The topological polar surface area (TPSA) is 150 Å². The molecule has 0 saturated carbocycles. The molecule has 1 heterocycles. The number of hydrogen-bond donors (Lipinski definition) is 1. The normalized spacial score (nSPS) is 10.8. The number of rotatable bonds is 7. The number of nitro benzene ring substituents is 2. The third-order valence-corrected chi connectivity index (χ3v) is 4.32. The van der Waals surface area contributed by atoms with Crippen molar-refractivity contribution < 1.29 is 23.8 Å². The monoisotopic (exact) mass is 424 g/mol. The zero-order valence-electron chi connectivity index (χ0n) is 16.4. The number of carbonyl (C=O) groups is 1. The third kappa shape index (κ3) is 4.72. The number of carbonyl (C=O) groups excluding carboxylic acids is 1. The lowest BCUT2D eigenvalue weighted by atomic mass is 10.1. The first kappa shape index (κ1) is 21.2. The molecule has 1 amide bonds. The molecule has 11 heteroatoms. The standard InChI is InChI=1S/C20H16N4O7/c1-12-3-4-13(23(26)27)9-16(12)19-8-6-15(31-19)11-21-22-20(25)17-10-14(24(28)29)5-7-18(17)30-2/h3-11H,1-2H3,(H,22,25)/b21-11-. The molecular weight excluding hydrogens is 408 g/mol. The van der Waals surface area contributed by atoms with E-state index >= 15 is 0 Å². The van der Waals surface area contributed by atoms with Crippen molar-refractivity contribution in [3.63, 3.8) is 0 Å². The number of hydrogen-bond acceptors (Lipinski definition) is 8. The van der Waals surface area contributed by atoms with E-state index in [0.717, 1.165) is 11.6 Å². The van der Waals surface area contributed by atoms with Crippen LogP contribution in [-0.2, 0) is 0 Å². The summed E-state index contributed by atoms with van der Waals surface area (Å²) in [5.41, 5.74) is 3.21. The van der Waals surface area contributed by atoms with Crippen molar-refractivity contribution in [1.29, 1.82) is 0 Å². The molecule has 0 aliphatic carbocycles. The van der Waals surface area contributed by atoms with E-state index in [4.69, 9.17) is 9.15 Å². The SMILES string of the molecule is COc1ccc([N+](=O)[O-])cc1C(=O)N/N=C\c1ccc(-c2cc([N+](=O)[O-])ccc2C)o1. The largest absolute Gasteiger partial charge is 0.496 e. The Kier molecular flexibility index (Phi) is 6.05. The van der Waals surface area contributed by atoms with Crippen LogP contribution in [0.2, 0.25) is 0 Å². The number of nitro groups is 2. The van der Waals surface area contributed by atoms with Crippen LogP contribution in [0.15, 0.2) is 58.0 Å². The average Bonchev–Trinajstić information content (AvgIpc) is 3.21. The Bertz CT molecular complexity index is 1200. The molecule has 0 atom stereocenters. The van der Waals surface area contributed by atoms with E-state index in [1.165, 1.54) is 37.6 Å². The van der Waals surface area contributed by atoms with Crippen LogP contribution < -0.4 is 10.2 Å². The minimum absolute atomic E-state index is 0.0544. The van der Waals surface area contributed by atoms with Gasteiger partial charge in [-0.15, -0.1) is 0 Å². The molecule has 0 bridgehead atoms. The van der Waals surface area contributed by atoms with Gasteiger partial charge in [-0.2, -0.15) is 5.10 Å². The summed E-state index contributed by atoms with van der Waals surface area (Å²) in [5, 5.41) is 25.7. The van der Waals surface area contributed by atoms with E-state index < -0.39 is 15.8 Å². The van der Waals surface area contributed by atoms with Gasteiger partial charge in [0.15, 0.2) is 0 Å². The molecule has 158 valence electrons. The van der Waals surface area contributed by atoms with E-state index in [1.807, 2.05) is 0 Å². The summed E-state index contributed by atoms with van der Waals surface area (Å²) in [6.45, 7) is 1.79. The quantitative estimate of drug-likeness (QED) is 0.344. The average molecular weight is 424 g/mol. The molecule has 2 aromatic carbocycles. The number of benzene rings is 2. The van der Waals surface area contributed by atoms with Crippen LogP contribution in [-0.4, -0.2) is 29.1 Å². The van der Waals surface area contributed by atoms with Crippen molar-refractivity contribution in [1.82, 2.24) is 5.43 Å². The molecule has 3 rings (SSSR count). The molecule has 11 nitrogen and oxygen atoms in total. The number of hydrazone groups is 1. The van der Waals surface area contributed by atoms with Gasteiger partial charge in [-0.25, -0.2) is 5.43 Å². The van der Waals surface area contributed by atoms with Gasteiger partial charge in [-0.3, -0.25) is 25.0 Å². The fourth-order valence-corrected chi connectivity index (χ4v) is 2.76. The van der Waals surface area contributed by atoms with E-state index in [1.54, 1.807) is 25.1 Å². The lowest BCUT2D eigenvalue weighted by molar-refractivity contribution is -0.385. The second-order valence-corrected chi connectivity index (χ2v) is 6.30. The number of methoxy groups -OCH3 is 1. The number of furan rings is 1. The highest BCUT2D eigenvalue weighted by Crippen LogP contribution is 2.29. The minimum atomic E-state index is -0.710. The maximum Gasteiger partial charge on any atom is 0.275 e. The third-order valence-electron chi connectivity index (χ3n) is 4.32. The first-order valence-corrected chi connectivity index (χ1v) is 8.81. The number of non-ortho nitro benzene ring substituents is 2. The molecule has 31 heavy (non-hydrogen) atoms. The molecular formula is C20H16N4O7. The molecule has 0 spiro atoms. The van der Waals surface area contributed by atoms with Gasteiger partial charge < -0.3 is 9.15 Å². The molecule has 0 radical (unpaired) electrons. The van der Waals surface area contributed by atoms with Crippen LogP contribution in [0, 0.1) is 27.2 Å². The van der Waals surface area contributed by atoms with Crippen LogP contribution >= 0.6 is 0 Å². The maximum atomic E-state index is 12.3. The van der Waals surface area contributed by atoms with E-state index in [2.05, 4.69) is 10.5 Å². The second kappa shape index (κ2) is 8.86. The maximum absolute atomic E-state index is 12.3. The van der Waals surface area contributed by atoms with E-state index in [9.17, 15) is 25.0 Å². The summed E-state index contributed by atoms with van der Waals surface area (Å²) in [4.78, 5) is 33.1. The van der Waals surface area contributed by atoms with Crippen LogP contribution in [0.25, 0.3) is 11.3 Å². The molecule has 0 saturated heterocycles. The van der Waals surface area contributed by atoms with Crippen molar-refractivity contribution in [2.45, 2.75) is 6.92 Å². The second-order valence-electron chi connectivity index (χ2n) is 6.30. The van der Waals surface area contributed by atoms with Crippen LogP contribution in [0.4, 0.5) is 11.4 Å². The Morgan fingerprint density at radius 1 is 1.06 bits per heavy atom. The summed E-state index contributed by atoms with van der Waals surface area (Å²) in [7, 11) is 1.33. The van der Waals surface area contributed by atoms with Gasteiger partial charge >= 0.3 is 0 Å². The molecule has 1 aromatic heterocycles. The number of nitrogens with zero attached hydrogens (tertiary/aromatic N) is 3. The van der Waals surface area contributed by atoms with Crippen molar-refractivity contribution in [2.24, 2.45) is 5.10 Å². The number of amides is 1. The molecule has 0 fully saturated rings. The van der Waals surface area contributed by atoms with E-state index in [0.29, 0.717) is 11.3 Å². The molecule has 1 N–H and O–H groups in total. The number of nitrogens with one attached hydrogen (secondary N) is 1. The first-order valence-electron chi connectivity index (χ1n) is 8.81. The highest BCUT2D eigenvalue weighted by atomic mass is 16.6. The summed E-state index contributed by atoms with van der Waals surface area (Å²) >= 11 is 0. The summed E-state index contributed by atoms with van der Waals surface area (Å²) in [6, 6.07) is 11.3. The first-order chi connectivity index (χ1) is 14.8. The van der Waals surface area contributed by atoms with Gasteiger partial charge in [0, 0.05) is 29.8 Å².